The summed E-state index contributed by atoms with van der Waals surface area (Å²) in [6.45, 7) is 2.22. The Hall–Kier alpha value is -0.370. The number of Topliss-reactive ketones (excluding diaryl/α,β-unsaturated/α-hetero) is 1. The van der Waals surface area contributed by atoms with Crippen molar-refractivity contribution in [1.82, 2.24) is 0 Å². The average molecular weight is 196 g/mol. The van der Waals surface area contributed by atoms with Crippen LogP contribution < -0.4 is 0 Å². The smallest absolute Gasteiger partial charge is 0.136 e. The predicted octanol–water partition coefficient (Wildman–Crippen LogP) is 2.15. The summed E-state index contributed by atoms with van der Waals surface area (Å²) in [5.74, 6) is 1.54. The maximum atomic E-state index is 11.8. The van der Waals surface area contributed by atoms with Crippen molar-refractivity contribution in [1.29, 1.82) is 0 Å². The van der Waals surface area contributed by atoms with E-state index in [2.05, 4.69) is 6.92 Å². The van der Waals surface area contributed by atoms with Gasteiger partial charge in [-0.2, -0.15) is 0 Å². The van der Waals surface area contributed by atoms with E-state index in [1.165, 1.54) is 0 Å². The van der Waals surface area contributed by atoms with E-state index in [4.69, 9.17) is 0 Å². The van der Waals surface area contributed by atoms with Crippen LogP contribution in [0.2, 0.25) is 0 Å². The van der Waals surface area contributed by atoms with E-state index in [1.807, 2.05) is 0 Å². The fourth-order valence-electron chi connectivity index (χ4n) is 3.11. The normalized spacial score (nSPS) is 44.3. The Bertz CT molecular complexity index is 224. The summed E-state index contributed by atoms with van der Waals surface area (Å²) < 4.78 is 0. The summed E-state index contributed by atoms with van der Waals surface area (Å²) in [5, 5.41) is 9.79. The Kier molecular flexibility index (Phi) is 2.91. The molecule has 0 aromatic carbocycles. The Labute approximate surface area is 85.7 Å². The van der Waals surface area contributed by atoms with Crippen molar-refractivity contribution in [2.75, 3.05) is 0 Å². The number of hydrogen-bond donors (Lipinski definition) is 1. The number of aliphatic hydroxyl groups excluding tert-OH is 1. The molecular formula is C12H20O2. The van der Waals surface area contributed by atoms with E-state index in [1.54, 1.807) is 0 Å². The fourth-order valence-corrected chi connectivity index (χ4v) is 3.11. The van der Waals surface area contributed by atoms with Gasteiger partial charge in [0.25, 0.3) is 0 Å². The molecule has 0 aromatic rings. The van der Waals surface area contributed by atoms with Crippen molar-refractivity contribution < 1.29 is 9.90 Å². The third-order valence-electron chi connectivity index (χ3n) is 4.00. The monoisotopic (exact) mass is 196 g/mol. The molecule has 0 amide bonds. The molecule has 2 rings (SSSR count). The molecule has 2 aliphatic rings. The highest BCUT2D eigenvalue weighted by Gasteiger charge is 2.38. The standard InChI is InChI=1S/C12H20O2/c1-8-5-6-12(14)10(7-8)9-3-2-4-11(9)13/h8-11,13H,2-7H2,1H3. The Morgan fingerprint density at radius 1 is 1.29 bits per heavy atom. The molecule has 2 nitrogen and oxygen atoms in total. The van der Waals surface area contributed by atoms with Crippen LogP contribution in [0.15, 0.2) is 0 Å². The molecule has 0 heterocycles. The number of carbonyl (C=O) groups is 1. The SMILES string of the molecule is CC1CCC(=O)C(C2CCCC2O)C1. The molecule has 80 valence electrons. The number of aliphatic hydroxyl groups is 1. The van der Waals surface area contributed by atoms with Crippen molar-refractivity contribution in [2.45, 2.75) is 51.6 Å². The van der Waals surface area contributed by atoms with Crippen LogP contribution in [0.25, 0.3) is 0 Å². The first kappa shape index (κ1) is 10.2. The molecule has 4 atom stereocenters. The van der Waals surface area contributed by atoms with E-state index in [9.17, 15) is 9.90 Å². The van der Waals surface area contributed by atoms with Gasteiger partial charge in [-0.15, -0.1) is 0 Å². The zero-order valence-electron chi connectivity index (χ0n) is 8.91. The lowest BCUT2D eigenvalue weighted by Crippen LogP contribution is -2.33. The largest absolute Gasteiger partial charge is 0.393 e. The van der Waals surface area contributed by atoms with Gasteiger partial charge in [0.2, 0.25) is 0 Å². The second kappa shape index (κ2) is 4.01. The fraction of sp³-hybridized carbons (Fsp3) is 0.917. The lowest BCUT2D eigenvalue weighted by atomic mass is 9.73. The first-order valence-electron chi connectivity index (χ1n) is 5.89. The highest BCUT2D eigenvalue weighted by Crippen LogP contribution is 2.39. The zero-order chi connectivity index (χ0) is 10.1. The van der Waals surface area contributed by atoms with Gasteiger partial charge in [0.15, 0.2) is 0 Å². The lowest BCUT2D eigenvalue weighted by molar-refractivity contribution is -0.128. The minimum atomic E-state index is -0.200. The molecule has 0 aromatic heterocycles. The summed E-state index contributed by atoms with van der Waals surface area (Å²) >= 11 is 0. The third kappa shape index (κ3) is 1.85. The predicted molar refractivity (Wildman–Crippen MR) is 54.9 cm³/mol. The van der Waals surface area contributed by atoms with Crippen molar-refractivity contribution in [3.63, 3.8) is 0 Å². The summed E-state index contributed by atoms with van der Waals surface area (Å²) in [7, 11) is 0. The molecule has 0 aliphatic heterocycles. The molecule has 0 saturated heterocycles. The van der Waals surface area contributed by atoms with Crippen molar-refractivity contribution in [2.24, 2.45) is 17.8 Å². The van der Waals surface area contributed by atoms with Crippen LogP contribution in [-0.2, 0) is 4.79 Å². The molecule has 4 unspecified atom stereocenters. The maximum absolute atomic E-state index is 11.8. The highest BCUT2D eigenvalue weighted by molar-refractivity contribution is 5.82. The Morgan fingerprint density at radius 2 is 2.07 bits per heavy atom. The van der Waals surface area contributed by atoms with Crippen LogP contribution in [0.3, 0.4) is 0 Å². The van der Waals surface area contributed by atoms with Gasteiger partial charge in [0, 0.05) is 12.3 Å². The summed E-state index contributed by atoms with van der Waals surface area (Å²) in [4.78, 5) is 11.8. The number of carbonyl (C=O) groups excluding carboxylic acids is 1. The lowest BCUT2D eigenvalue weighted by Gasteiger charge is -2.31. The van der Waals surface area contributed by atoms with Gasteiger partial charge in [0.05, 0.1) is 6.10 Å². The molecular weight excluding hydrogens is 176 g/mol. The van der Waals surface area contributed by atoms with E-state index in [0.717, 1.165) is 38.5 Å². The Morgan fingerprint density at radius 3 is 2.71 bits per heavy atom. The van der Waals surface area contributed by atoms with Crippen LogP contribution in [0.5, 0.6) is 0 Å². The second-order valence-corrected chi connectivity index (χ2v) is 5.11. The van der Waals surface area contributed by atoms with Crippen LogP contribution in [0.1, 0.15) is 45.4 Å². The van der Waals surface area contributed by atoms with Crippen LogP contribution >= 0.6 is 0 Å². The van der Waals surface area contributed by atoms with Gasteiger partial charge in [-0.05, 0) is 37.5 Å². The second-order valence-electron chi connectivity index (χ2n) is 5.11. The van der Waals surface area contributed by atoms with Crippen molar-refractivity contribution in [3.8, 4) is 0 Å². The van der Waals surface area contributed by atoms with Crippen molar-refractivity contribution in [3.05, 3.63) is 0 Å². The molecule has 0 bridgehead atoms. The van der Waals surface area contributed by atoms with Crippen LogP contribution in [-0.4, -0.2) is 17.0 Å². The minimum Gasteiger partial charge on any atom is -0.393 e. The molecule has 2 saturated carbocycles. The van der Waals surface area contributed by atoms with E-state index in [0.29, 0.717) is 11.7 Å². The van der Waals surface area contributed by atoms with E-state index in [-0.39, 0.29) is 17.9 Å². The first-order valence-corrected chi connectivity index (χ1v) is 5.89. The molecule has 2 fully saturated rings. The van der Waals surface area contributed by atoms with Gasteiger partial charge in [-0.25, -0.2) is 0 Å². The van der Waals surface area contributed by atoms with Gasteiger partial charge < -0.3 is 5.11 Å². The minimum absolute atomic E-state index is 0.177. The summed E-state index contributed by atoms with van der Waals surface area (Å²) in [5.41, 5.74) is 0. The summed E-state index contributed by atoms with van der Waals surface area (Å²) in [6, 6.07) is 0. The molecule has 0 spiro atoms. The van der Waals surface area contributed by atoms with Crippen LogP contribution in [0, 0.1) is 17.8 Å². The van der Waals surface area contributed by atoms with E-state index < -0.39 is 0 Å². The quantitative estimate of drug-likeness (QED) is 0.697. The van der Waals surface area contributed by atoms with Gasteiger partial charge in [0.1, 0.15) is 5.78 Å². The third-order valence-corrected chi connectivity index (χ3v) is 4.00. The molecule has 2 heteroatoms. The maximum Gasteiger partial charge on any atom is 0.136 e. The summed E-state index contributed by atoms with van der Waals surface area (Å²) in [6.07, 6.45) is 5.68. The number of rotatable bonds is 1. The number of hydrogen-bond acceptors (Lipinski definition) is 2. The highest BCUT2D eigenvalue weighted by atomic mass is 16.3. The first-order chi connectivity index (χ1) is 6.68. The topological polar surface area (TPSA) is 37.3 Å². The molecule has 14 heavy (non-hydrogen) atoms. The zero-order valence-corrected chi connectivity index (χ0v) is 8.91. The van der Waals surface area contributed by atoms with Gasteiger partial charge in [-0.3, -0.25) is 4.79 Å². The van der Waals surface area contributed by atoms with Crippen molar-refractivity contribution >= 4 is 5.78 Å². The molecule has 0 radical (unpaired) electrons. The van der Waals surface area contributed by atoms with E-state index >= 15 is 0 Å². The van der Waals surface area contributed by atoms with Gasteiger partial charge >= 0.3 is 0 Å². The van der Waals surface area contributed by atoms with Crippen LogP contribution in [0.4, 0.5) is 0 Å². The van der Waals surface area contributed by atoms with Gasteiger partial charge in [-0.1, -0.05) is 13.3 Å². The molecule has 2 aliphatic carbocycles. The number of ketones is 1. The average Bonchev–Trinajstić information content (AvgIpc) is 2.56. The molecule has 1 N–H and O–H groups in total. The Balaban J connectivity index is 2.03.